The van der Waals surface area contributed by atoms with E-state index in [0.29, 0.717) is 18.0 Å². The first kappa shape index (κ1) is 21.0. The smallest absolute Gasteiger partial charge is 0.0767 e. The minimum absolute atomic E-state index is 0. The minimum Gasteiger partial charge on any atom is -0.312 e. The lowest BCUT2D eigenvalue weighted by Crippen LogP contribution is -2.43. The molecule has 2 aliphatic rings. The van der Waals surface area contributed by atoms with Crippen LogP contribution >= 0.6 is 24.8 Å². The Morgan fingerprint density at radius 1 is 1.27 bits per heavy atom. The van der Waals surface area contributed by atoms with Crippen molar-refractivity contribution < 1.29 is 0 Å². The topological polar surface area (TPSA) is 41.9 Å². The average molecular weight is 395 g/mol. The fourth-order valence-electron chi connectivity index (χ4n) is 3.44. The molecule has 2 atom stereocenters. The maximum Gasteiger partial charge on any atom is 0.0767 e. The monoisotopic (exact) mass is 394 g/mol. The molecule has 6 heteroatoms. The average Bonchev–Trinajstić information content (AvgIpc) is 3.20. The number of nitrogens with zero attached hydrogens (tertiary/aromatic N) is 2. The molecule has 0 spiro atoms. The molecule has 2 N–H and O–H groups in total. The quantitative estimate of drug-likeness (QED) is 0.749. The molecule has 1 aromatic heterocycles. The molecular formula is C20H28Cl2N4. The van der Waals surface area contributed by atoms with Crippen LogP contribution in [0, 0.1) is 5.92 Å². The first-order chi connectivity index (χ1) is 11.8. The summed E-state index contributed by atoms with van der Waals surface area (Å²) in [5.41, 5.74) is 4.17. The standard InChI is InChI=1S/C20H26N4.2ClH/c1-2-17(8-15-6-4-3-5-7-15)19-9-20(19)22-10-16-11-23-24(14-16)18-12-21-13-18;;/h3-8,11,14,18-22H,2,9-10,12-13H2,1H3;2*1H/b17-8+;;. The van der Waals surface area contributed by atoms with E-state index < -0.39 is 0 Å². The fourth-order valence-corrected chi connectivity index (χ4v) is 3.44. The van der Waals surface area contributed by atoms with Crippen molar-refractivity contribution in [1.82, 2.24) is 20.4 Å². The van der Waals surface area contributed by atoms with E-state index in [-0.39, 0.29) is 24.8 Å². The molecule has 1 aliphatic carbocycles. The summed E-state index contributed by atoms with van der Waals surface area (Å²) >= 11 is 0. The van der Waals surface area contributed by atoms with Crippen LogP contribution in [0.2, 0.25) is 0 Å². The Bertz CT molecular complexity index is 710. The number of hydrogen-bond donors (Lipinski definition) is 2. The Hall–Kier alpha value is -1.33. The highest BCUT2D eigenvalue weighted by atomic mass is 35.5. The van der Waals surface area contributed by atoms with Gasteiger partial charge in [-0.1, -0.05) is 48.9 Å². The summed E-state index contributed by atoms with van der Waals surface area (Å²) in [6, 6.07) is 11.8. The zero-order valence-corrected chi connectivity index (χ0v) is 16.7. The van der Waals surface area contributed by atoms with E-state index in [0.717, 1.165) is 26.1 Å². The van der Waals surface area contributed by atoms with Crippen molar-refractivity contribution in [3.05, 3.63) is 59.4 Å². The lowest BCUT2D eigenvalue weighted by molar-refractivity contribution is 0.318. The van der Waals surface area contributed by atoms with E-state index in [4.69, 9.17) is 0 Å². The third-order valence-electron chi connectivity index (χ3n) is 5.18. The van der Waals surface area contributed by atoms with Crippen molar-refractivity contribution in [2.45, 2.75) is 38.4 Å². The van der Waals surface area contributed by atoms with Crippen LogP contribution in [0.15, 0.2) is 48.3 Å². The summed E-state index contributed by atoms with van der Waals surface area (Å²) in [5.74, 6) is 0.695. The van der Waals surface area contributed by atoms with Crippen LogP contribution in [0.1, 0.15) is 36.9 Å². The molecule has 2 heterocycles. The highest BCUT2D eigenvalue weighted by molar-refractivity contribution is 5.85. The maximum atomic E-state index is 4.49. The number of aromatic nitrogens is 2. The normalized spacial score (nSPS) is 22.1. The van der Waals surface area contributed by atoms with Gasteiger partial charge in [-0.25, -0.2) is 0 Å². The largest absolute Gasteiger partial charge is 0.312 e. The van der Waals surface area contributed by atoms with Crippen LogP contribution in [0.25, 0.3) is 6.08 Å². The molecule has 142 valence electrons. The molecule has 4 rings (SSSR count). The van der Waals surface area contributed by atoms with Crippen molar-refractivity contribution in [3.63, 3.8) is 0 Å². The summed E-state index contributed by atoms with van der Waals surface area (Å²) in [5, 5.41) is 11.5. The van der Waals surface area contributed by atoms with Gasteiger partial charge in [-0.15, -0.1) is 24.8 Å². The minimum atomic E-state index is 0. The van der Waals surface area contributed by atoms with E-state index in [2.05, 4.69) is 69.9 Å². The molecule has 1 aromatic carbocycles. The van der Waals surface area contributed by atoms with E-state index in [1.165, 1.54) is 17.5 Å². The van der Waals surface area contributed by atoms with E-state index >= 15 is 0 Å². The number of nitrogens with one attached hydrogen (secondary N) is 2. The summed E-state index contributed by atoms with van der Waals surface area (Å²) < 4.78 is 2.10. The van der Waals surface area contributed by atoms with Gasteiger partial charge in [0.15, 0.2) is 0 Å². The van der Waals surface area contributed by atoms with Gasteiger partial charge in [0.25, 0.3) is 0 Å². The van der Waals surface area contributed by atoms with Gasteiger partial charge in [-0.05, 0) is 24.3 Å². The van der Waals surface area contributed by atoms with Gasteiger partial charge in [0.2, 0.25) is 0 Å². The van der Waals surface area contributed by atoms with Gasteiger partial charge in [-0.2, -0.15) is 5.10 Å². The van der Waals surface area contributed by atoms with Gasteiger partial charge in [0.1, 0.15) is 0 Å². The van der Waals surface area contributed by atoms with Gasteiger partial charge in [0.05, 0.1) is 12.2 Å². The van der Waals surface area contributed by atoms with E-state index in [9.17, 15) is 0 Å². The summed E-state index contributed by atoms with van der Waals surface area (Å²) in [7, 11) is 0. The zero-order chi connectivity index (χ0) is 16.4. The molecule has 4 nitrogen and oxygen atoms in total. The second-order valence-electron chi connectivity index (χ2n) is 6.95. The second kappa shape index (κ2) is 9.56. The molecule has 0 amide bonds. The van der Waals surface area contributed by atoms with Crippen LogP contribution in [-0.2, 0) is 6.54 Å². The zero-order valence-electron chi connectivity index (χ0n) is 15.1. The highest BCUT2D eigenvalue weighted by Gasteiger charge is 2.38. The van der Waals surface area contributed by atoms with Gasteiger partial charge >= 0.3 is 0 Å². The second-order valence-corrected chi connectivity index (χ2v) is 6.95. The first-order valence-electron chi connectivity index (χ1n) is 9.06. The van der Waals surface area contributed by atoms with Gasteiger partial charge in [-0.3, -0.25) is 4.68 Å². The highest BCUT2D eigenvalue weighted by Crippen LogP contribution is 2.39. The van der Waals surface area contributed by atoms with Crippen LogP contribution in [0.4, 0.5) is 0 Å². The molecule has 1 saturated carbocycles. The van der Waals surface area contributed by atoms with E-state index in [1.54, 1.807) is 5.57 Å². The SMILES string of the molecule is CC/C(=C\c1ccccc1)C1CC1NCc1cnn(C2CNC2)c1.Cl.Cl. The summed E-state index contributed by atoms with van der Waals surface area (Å²) in [4.78, 5) is 0. The molecule has 2 fully saturated rings. The molecule has 0 bridgehead atoms. The molecule has 1 saturated heterocycles. The van der Waals surface area contributed by atoms with Crippen molar-refractivity contribution in [2.24, 2.45) is 5.92 Å². The number of rotatable bonds is 7. The van der Waals surface area contributed by atoms with Crippen molar-refractivity contribution in [1.29, 1.82) is 0 Å². The Labute approximate surface area is 168 Å². The Morgan fingerprint density at radius 3 is 2.69 bits per heavy atom. The molecule has 26 heavy (non-hydrogen) atoms. The van der Waals surface area contributed by atoms with Crippen molar-refractivity contribution in [2.75, 3.05) is 13.1 Å². The third-order valence-corrected chi connectivity index (χ3v) is 5.18. The van der Waals surface area contributed by atoms with Crippen molar-refractivity contribution >= 4 is 30.9 Å². The first-order valence-corrected chi connectivity index (χ1v) is 9.06. The Morgan fingerprint density at radius 2 is 2.04 bits per heavy atom. The van der Waals surface area contributed by atoms with Crippen LogP contribution in [0.3, 0.4) is 0 Å². The third kappa shape index (κ3) is 4.89. The lowest BCUT2D eigenvalue weighted by atomic mass is 10.0. The summed E-state index contributed by atoms with van der Waals surface area (Å²) in [6.45, 7) is 5.28. The maximum absolute atomic E-state index is 4.49. The Balaban J connectivity index is 0.00000121. The van der Waals surface area contributed by atoms with Gasteiger partial charge in [0, 0.05) is 37.4 Å². The van der Waals surface area contributed by atoms with Crippen LogP contribution < -0.4 is 10.6 Å². The molecule has 1 aliphatic heterocycles. The molecular weight excluding hydrogens is 367 g/mol. The van der Waals surface area contributed by atoms with Crippen LogP contribution in [0.5, 0.6) is 0 Å². The Kier molecular flexibility index (Phi) is 7.71. The van der Waals surface area contributed by atoms with Crippen molar-refractivity contribution in [3.8, 4) is 0 Å². The fraction of sp³-hybridized carbons (Fsp3) is 0.450. The van der Waals surface area contributed by atoms with Crippen LogP contribution in [-0.4, -0.2) is 28.9 Å². The van der Waals surface area contributed by atoms with E-state index in [1.807, 2.05) is 6.20 Å². The molecule has 0 radical (unpaired) electrons. The molecule has 2 aromatic rings. The predicted molar refractivity (Wildman–Crippen MR) is 112 cm³/mol. The number of hydrogen-bond acceptors (Lipinski definition) is 3. The predicted octanol–water partition coefficient (Wildman–Crippen LogP) is 3.84. The summed E-state index contributed by atoms with van der Waals surface area (Å²) in [6.07, 6.45) is 8.95. The number of halogens is 2. The number of benzene rings is 1. The molecule has 2 unspecified atom stereocenters. The van der Waals surface area contributed by atoms with Gasteiger partial charge < -0.3 is 10.6 Å². The lowest BCUT2D eigenvalue weighted by Gasteiger charge is -2.27.